The predicted molar refractivity (Wildman–Crippen MR) is 106 cm³/mol. The van der Waals surface area contributed by atoms with Gasteiger partial charge in [0.25, 0.3) is 0 Å². The summed E-state index contributed by atoms with van der Waals surface area (Å²) in [6.45, 7) is 7.63. The van der Waals surface area contributed by atoms with Crippen LogP contribution in [-0.2, 0) is 16.1 Å². The number of hydrogen-bond donors (Lipinski definition) is 1. The minimum Gasteiger partial charge on any atom is -0.378 e. The summed E-state index contributed by atoms with van der Waals surface area (Å²) in [5, 5.41) is 5.85. The minimum absolute atomic E-state index is 0.129. The van der Waals surface area contributed by atoms with Crippen LogP contribution >= 0.6 is 0 Å². The summed E-state index contributed by atoms with van der Waals surface area (Å²) < 4.78 is 7.66. The Morgan fingerprint density at radius 1 is 1.12 bits per heavy atom. The molecule has 0 unspecified atom stereocenters. The third kappa shape index (κ3) is 2.92. The van der Waals surface area contributed by atoms with Gasteiger partial charge in [-0.1, -0.05) is 18.2 Å². The van der Waals surface area contributed by atoms with Gasteiger partial charge in [-0.15, -0.1) is 0 Å². The normalized spacial score (nSPS) is 16.2. The quantitative estimate of drug-likeness (QED) is 0.783. The van der Waals surface area contributed by atoms with Crippen molar-refractivity contribution >= 4 is 33.4 Å². The first-order valence-corrected chi connectivity index (χ1v) is 9.33. The topological polar surface area (TPSA) is 46.5 Å². The number of fused-ring (bicyclic) bond motifs is 3. The number of hydrogen-bond acceptors (Lipinski definition) is 3. The fraction of sp³-hybridized carbons (Fsp3) is 0.381. The first-order valence-electron chi connectivity index (χ1n) is 9.33. The van der Waals surface area contributed by atoms with Crippen molar-refractivity contribution in [2.24, 2.45) is 0 Å². The van der Waals surface area contributed by atoms with Crippen LogP contribution in [0.1, 0.15) is 13.8 Å². The van der Waals surface area contributed by atoms with E-state index in [0.717, 1.165) is 12.2 Å². The summed E-state index contributed by atoms with van der Waals surface area (Å²) in [5.74, 6) is 0.129. The van der Waals surface area contributed by atoms with E-state index in [0.29, 0.717) is 26.3 Å². The first kappa shape index (κ1) is 16.9. The number of anilines is 1. The number of para-hydroxylation sites is 1. The molecule has 136 valence electrons. The molecule has 0 aliphatic carbocycles. The molecule has 3 aromatic rings. The molecule has 26 heavy (non-hydrogen) atoms. The SMILES string of the molecule is CCn1c2ccccc2c2cc(N[C@H](C)C(=O)N3CCOCC3)ccc21. The molecule has 1 atom stereocenters. The van der Waals surface area contributed by atoms with E-state index in [1.807, 2.05) is 11.8 Å². The molecule has 0 spiro atoms. The highest BCUT2D eigenvalue weighted by Gasteiger charge is 2.22. The van der Waals surface area contributed by atoms with Crippen LogP contribution in [0.5, 0.6) is 0 Å². The summed E-state index contributed by atoms with van der Waals surface area (Å²) in [6.07, 6.45) is 0. The predicted octanol–water partition coefficient (Wildman–Crippen LogP) is 3.47. The molecule has 1 fully saturated rings. The largest absolute Gasteiger partial charge is 0.378 e. The van der Waals surface area contributed by atoms with E-state index in [4.69, 9.17) is 4.74 Å². The Morgan fingerprint density at radius 3 is 2.62 bits per heavy atom. The van der Waals surface area contributed by atoms with Gasteiger partial charge in [0.05, 0.1) is 13.2 Å². The Balaban J connectivity index is 1.63. The number of benzene rings is 2. The van der Waals surface area contributed by atoms with Gasteiger partial charge in [0.2, 0.25) is 5.91 Å². The number of ether oxygens (including phenoxy) is 1. The molecule has 1 saturated heterocycles. The molecule has 5 nitrogen and oxygen atoms in total. The highest BCUT2D eigenvalue weighted by Crippen LogP contribution is 2.31. The molecular formula is C21H25N3O2. The number of carbonyl (C=O) groups is 1. The minimum atomic E-state index is -0.259. The van der Waals surface area contributed by atoms with Crippen LogP contribution in [-0.4, -0.2) is 47.7 Å². The van der Waals surface area contributed by atoms with E-state index in [1.165, 1.54) is 21.8 Å². The van der Waals surface area contributed by atoms with Crippen LogP contribution in [0.25, 0.3) is 21.8 Å². The van der Waals surface area contributed by atoms with E-state index in [9.17, 15) is 4.79 Å². The molecule has 1 amide bonds. The van der Waals surface area contributed by atoms with Crippen LogP contribution in [0.4, 0.5) is 5.69 Å². The maximum Gasteiger partial charge on any atom is 0.244 e. The number of aryl methyl sites for hydroxylation is 1. The van der Waals surface area contributed by atoms with Crippen molar-refractivity contribution in [1.29, 1.82) is 0 Å². The summed E-state index contributed by atoms with van der Waals surface area (Å²) >= 11 is 0. The average Bonchev–Trinajstić information content (AvgIpc) is 3.01. The van der Waals surface area contributed by atoms with Crippen LogP contribution in [0.2, 0.25) is 0 Å². The number of carbonyl (C=O) groups excluding carboxylic acids is 1. The number of aromatic nitrogens is 1. The van der Waals surface area contributed by atoms with E-state index < -0.39 is 0 Å². The zero-order valence-corrected chi connectivity index (χ0v) is 15.4. The van der Waals surface area contributed by atoms with Gasteiger partial charge >= 0.3 is 0 Å². The Morgan fingerprint density at radius 2 is 1.85 bits per heavy atom. The van der Waals surface area contributed by atoms with Gasteiger partial charge in [-0.05, 0) is 38.1 Å². The number of nitrogens with zero attached hydrogens (tertiary/aromatic N) is 2. The van der Waals surface area contributed by atoms with Crippen molar-refractivity contribution in [2.75, 3.05) is 31.6 Å². The fourth-order valence-corrected chi connectivity index (χ4v) is 3.85. The second-order valence-electron chi connectivity index (χ2n) is 6.80. The molecule has 5 heteroatoms. The van der Waals surface area contributed by atoms with Crippen molar-refractivity contribution in [1.82, 2.24) is 9.47 Å². The van der Waals surface area contributed by atoms with Crippen LogP contribution in [0.15, 0.2) is 42.5 Å². The van der Waals surface area contributed by atoms with E-state index in [1.54, 1.807) is 0 Å². The van der Waals surface area contributed by atoms with Gasteiger partial charge in [0.1, 0.15) is 6.04 Å². The van der Waals surface area contributed by atoms with E-state index in [-0.39, 0.29) is 11.9 Å². The lowest BCUT2D eigenvalue weighted by molar-refractivity contribution is -0.135. The van der Waals surface area contributed by atoms with Crippen molar-refractivity contribution in [2.45, 2.75) is 26.4 Å². The smallest absolute Gasteiger partial charge is 0.244 e. The van der Waals surface area contributed by atoms with Gasteiger partial charge < -0.3 is 19.5 Å². The molecule has 0 radical (unpaired) electrons. The zero-order chi connectivity index (χ0) is 18.1. The van der Waals surface area contributed by atoms with Crippen molar-refractivity contribution in [3.63, 3.8) is 0 Å². The average molecular weight is 351 g/mol. The van der Waals surface area contributed by atoms with Gasteiger partial charge in [-0.2, -0.15) is 0 Å². The van der Waals surface area contributed by atoms with Gasteiger partial charge in [-0.3, -0.25) is 4.79 Å². The second-order valence-corrected chi connectivity index (χ2v) is 6.80. The third-order valence-corrected chi connectivity index (χ3v) is 5.16. The Kier molecular flexibility index (Phi) is 4.55. The zero-order valence-electron chi connectivity index (χ0n) is 15.4. The lowest BCUT2D eigenvalue weighted by atomic mass is 10.1. The molecule has 1 N–H and O–H groups in total. The van der Waals surface area contributed by atoms with E-state index >= 15 is 0 Å². The maximum absolute atomic E-state index is 12.6. The molecule has 4 rings (SSSR count). The third-order valence-electron chi connectivity index (χ3n) is 5.16. The van der Waals surface area contributed by atoms with Crippen LogP contribution < -0.4 is 5.32 Å². The van der Waals surface area contributed by atoms with E-state index in [2.05, 4.69) is 59.3 Å². The molecule has 1 aliphatic heterocycles. The number of amides is 1. The standard InChI is InChI=1S/C21H25N3O2/c1-3-24-19-7-5-4-6-17(19)18-14-16(8-9-20(18)24)22-15(2)21(25)23-10-12-26-13-11-23/h4-9,14-15,22H,3,10-13H2,1-2H3/t15-/m1/s1. The summed E-state index contributed by atoms with van der Waals surface area (Å²) in [6, 6.07) is 14.6. The van der Waals surface area contributed by atoms with Crippen molar-refractivity contribution in [3.05, 3.63) is 42.5 Å². The number of nitrogens with one attached hydrogen (secondary N) is 1. The van der Waals surface area contributed by atoms with Crippen LogP contribution in [0.3, 0.4) is 0 Å². The Bertz CT molecular complexity index is 941. The lowest BCUT2D eigenvalue weighted by Gasteiger charge is -2.29. The first-order chi connectivity index (χ1) is 12.7. The Labute approximate surface area is 153 Å². The molecule has 2 heterocycles. The highest BCUT2D eigenvalue weighted by molar-refractivity contribution is 6.09. The monoisotopic (exact) mass is 351 g/mol. The number of morpholine rings is 1. The summed E-state index contributed by atoms with van der Waals surface area (Å²) in [4.78, 5) is 14.5. The van der Waals surface area contributed by atoms with Crippen molar-refractivity contribution in [3.8, 4) is 0 Å². The van der Waals surface area contributed by atoms with Gasteiger partial charge in [0.15, 0.2) is 0 Å². The maximum atomic E-state index is 12.6. The fourth-order valence-electron chi connectivity index (χ4n) is 3.85. The number of rotatable bonds is 4. The molecule has 0 saturated carbocycles. The Hall–Kier alpha value is -2.53. The lowest BCUT2D eigenvalue weighted by Crippen LogP contribution is -2.46. The van der Waals surface area contributed by atoms with Crippen molar-refractivity contribution < 1.29 is 9.53 Å². The molecule has 0 bridgehead atoms. The van der Waals surface area contributed by atoms with Crippen LogP contribution in [0, 0.1) is 0 Å². The van der Waals surface area contributed by atoms with Gasteiger partial charge in [-0.25, -0.2) is 0 Å². The molecular weight excluding hydrogens is 326 g/mol. The highest BCUT2D eigenvalue weighted by atomic mass is 16.5. The summed E-state index contributed by atoms with van der Waals surface area (Å²) in [5.41, 5.74) is 3.46. The molecule has 1 aromatic heterocycles. The summed E-state index contributed by atoms with van der Waals surface area (Å²) in [7, 11) is 0. The second kappa shape index (κ2) is 7.00. The molecule has 2 aromatic carbocycles. The van der Waals surface area contributed by atoms with Gasteiger partial charge in [0, 0.05) is 47.1 Å². The molecule has 1 aliphatic rings.